The minimum absolute atomic E-state index is 0.271. The third kappa shape index (κ3) is 3.36. The van der Waals surface area contributed by atoms with Crippen LogP contribution in [0.25, 0.3) is 0 Å². The number of alkyl halides is 1. The second kappa shape index (κ2) is 5.92. The van der Waals surface area contributed by atoms with Crippen LogP contribution >= 0.6 is 22.6 Å². The van der Waals surface area contributed by atoms with Crippen LogP contribution in [0.3, 0.4) is 0 Å². The van der Waals surface area contributed by atoms with Crippen molar-refractivity contribution in [2.75, 3.05) is 11.4 Å². The van der Waals surface area contributed by atoms with Gasteiger partial charge in [0.25, 0.3) is 0 Å². The molecule has 0 aliphatic carbocycles. The maximum absolute atomic E-state index is 6.60. The molecule has 2 heterocycles. The Labute approximate surface area is 137 Å². The second-order valence-electron chi connectivity index (χ2n) is 6.98. The van der Waals surface area contributed by atoms with Crippen LogP contribution in [-0.2, 0) is 4.43 Å². The highest BCUT2D eigenvalue weighted by Gasteiger charge is 2.43. The Hall–Kier alpha value is -0.143. The van der Waals surface area contributed by atoms with E-state index in [1.54, 1.807) is 0 Å². The first-order valence-electron chi connectivity index (χ1n) is 7.21. The molecule has 1 aromatic heterocycles. The maximum atomic E-state index is 6.60. The van der Waals surface area contributed by atoms with E-state index in [1.807, 2.05) is 12.4 Å². The molecular weight excluding hydrogens is 379 g/mol. The molecule has 2 atom stereocenters. The molecule has 5 heteroatoms. The van der Waals surface area contributed by atoms with Gasteiger partial charge in [0.2, 0.25) is 0 Å². The molecule has 1 aliphatic heterocycles. The van der Waals surface area contributed by atoms with E-state index in [0.717, 1.165) is 13.0 Å². The molecular formula is C15H25IN2OSi. The maximum Gasteiger partial charge on any atom is 0.192 e. The standard InChI is InChI=1S/C15H25IN2OSi/c1-15(2,3)20(4,5)19-13-8-11-18(14(13)16)12-6-9-17-10-7-12/h6-7,9-10,13-14H,8,11H2,1-5H3. The number of pyridine rings is 1. The topological polar surface area (TPSA) is 25.4 Å². The van der Waals surface area contributed by atoms with Crippen LogP contribution in [0.2, 0.25) is 18.1 Å². The fraction of sp³-hybridized carbons (Fsp3) is 0.667. The van der Waals surface area contributed by atoms with Crippen LogP contribution in [0.1, 0.15) is 27.2 Å². The van der Waals surface area contributed by atoms with Gasteiger partial charge in [0.05, 0.1) is 6.10 Å². The number of rotatable bonds is 3. The first kappa shape index (κ1) is 16.2. The van der Waals surface area contributed by atoms with Gasteiger partial charge in [0, 0.05) is 24.6 Å². The summed E-state index contributed by atoms with van der Waals surface area (Å²) in [5, 5.41) is 0.271. The highest BCUT2D eigenvalue weighted by molar-refractivity contribution is 14.1. The normalized spacial score (nSPS) is 24.2. The van der Waals surface area contributed by atoms with Crippen LogP contribution in [0.5, 0.6) is 0 Å². The minimum atomic E-state index is -1.69. The molecule has 2 unspecified atom stereocenters. The summed E-state index contributed by atoms with van der Waals surface area (Å²) in [6.45, 7) is 12.7. The lowest BCUT2D eigenvalue weighted by Gasteiger charge is -2.39. The summed E-state index contributed by atoms with van der Waals surface area (Å²) >= 11 is 2.53. The molecule has 1 aliphatic rings. The third-order valence-electron chi connectivity index (χ3n) is 4.51. The van der Waals surface area contributed by atoms with Gasteiger partial charge >= 0.3 is 0 Å². The van der Waals surface area contributed by atoms with Crippen molar-refractivity contribution in [1.82, 2.24) is 4.98 Å². The predicted octanol–water partition coefficient (Wildman–Crippen LogP) is 4.44. The Balaban J connectivity index is 2.07. The number of hydrogen-bond acceptors (Lipinski definition) is 3. The van der Waals surface area contributed by atoms with Crippen molar-refractivity contribution in [2.45, 2.75) is 55.5 Å². The number of halogens is 1. The zero-order valence-electron chi connectivity index (χ0n) is 13.1. The molecule has 0 spiro atoms. The average Bonchev–Trinajstić information content (AvgIpc) is 2.70. The van der Waals surface area contributed by atoms with Gasteiger partial charge in [-0.25, -0.2) is 0 Å². The molecule has 1 aromatic rings. The first-order chi connectivity index (χ1) is 9.22. The Morgan fingerprint density at radius 3 is 2.45 bits per heavy atom. The zero-order chi connectivity index (χ0) is 15.0. The molecule has 0 N–H and O–H groups in total. The van der Waals surface area contributed by atoms with Gasteiger partial charge in [-0.15, -0.1) is 0 Å². The van der Waals surface area contributed by atoms with Crippen molar-refractivity contribution in [2.24, 2.45) is 0 Å². The summed E-state index contributed by atoms with van der Waals surface area (Å²) in [4.78, 5) is 6.53. The van der Waals surface area contributed by atoms with Crippen molar-refractivity contribution in [3.63, 3.8) is 0 Å². The highest BCUT2D eigenvalue weighted by atomic mass is 127. The van der Waals surface area contributed by atoms with E-state index in [0.29, 0.717) is 10.2 Å². The van der Waals surface area contributed by atoms with Crippen molar-refractivity contribution < 1.29 is 4.43 Å². The minimum Gasteiger partial charge on any atom is -0.411 e. The fourth-order valence-corrected chi connectivity index (χ4v) is 4.95. The number of hydrogen-bond donors (Lipinski definition) is 0. The first-order valence-corrected chi connectivity index (χ1v) is 11.4. The summed E-state index contributed by atoms with van der Waals surface area (Å²) in [5.74, 6) is 0. The Kier molecular flexibility index (Phi) is 4.81. The average molecular weight is 404 g/mol. The number of nitrogens with zero attached hydrogens (tertiary/aromatic N) is 2. The molecule has 0 aromatic carbocycles. The zero-order valence-corrected chi connectivity index (χ0v) is 16.2. The lowest BCUT2D eigenvalue weighted by molar-refractivity contribution is 0.197. The number of anilines is 1. The van der Waals surface area contributed by atoms with E-state index in [9.17, 15) is 0 Å². The number of aromatic nitrogens is 1. The van der Waals surface area contributed by atoms with E-state index in [1.165, 1.54) is 5.69 Å². The van der Waals surface area contributed by atoms with Crippen LogP contribution in [0.4, 0.5) is 5.69 Å². The van der Waals surface area contributed by atoms with Crippen LogP contribution in [-0.4, -0.2) is 30.0 Å². The highest BCUT2D eigenvalue weighted by Crippen LogP contribution is 2.40. The van der Waals surface area contributed by atoms with Crippen molar-refractivity contribution in [3.8, 4) is 0 Å². The van der Waals surface area contributed by atoms with E-state index in [4.69, 9.17) is 4.43 Å². The van der Waals surface area contributed by atoms with E-state index in [-0.39, 0.29) is 5.04 Å². The fourth-order valence-electron chi connectivity index (χ4n) is 2.21. The molecule has 0 radical (unpaired) electrons. The van der Waals surface area contributed by atoms with Crippen molar-refractivity contribution in [3.05, 3.63) is 24.5 Å². The lowest BCUT2D eigenvalue weighted by Crippen LogP contribution is -2.46. The molecule has 20 heavy (non-hydrogen) atoms. The summed E-state index contributed by atoms with van der Waals surface area (Å²) in [5.41, 5.74) is 1.25. The van der Waals surface area contributed by atoms with Crippen LogP contribution < -0.4 is 4.90 Å². The molecule has 2 rings (SSSR count). The van der Waals surface area contributed by atoms with Gasteiger partial charge in [-0.05, 0) is 36.7 Å². The van der Waals surface area contributed by atoms with Crippen LogP contribution in [0, 0.1) is 0 Å². The SMILES string of the molecule is CC(C)(C)[Si](C)(C)OC1CCN(c2ccncc2)C1I. The molecule has 0 saturated carbocycles. The molecule has 112 valence electrons. The molecule has 1 saturated heterocycles. The predicted molar refractivity (Wildman–Crippen MR) is 96.1 cm³/mol. The largest absolute Gasteiger partial charge is 0.411 e. The van der Waals surface area contributed by atoms with E-state index < -0.39 is 8.32 Å². The van der Waals surface area contributed by atoms with E-state index >= 15 is 0 Å². The van der Waals surface area contributed by atoms with Crippen LogP contribution in [0.15, 0.2) is 24.5 Å². The van der Waals surface area contributed by atoms with Gasteiger partial charge in [-0.1, -0.05) is 43.4 Å². The Bertz CT molecular complexity index is 447. The van der Waals surface area contributed by atoms with Gasteiger partial charge in [0.1, 0.15) is 4.05 Å². The Morgan fingerprint density at radius 2 is 1.90 bits per heavy atom. The van der Waals surface area contributed by atoms with Gasteiger partial charge in [-0.2, -0.15) is 0 Å². The summed E-state index contributed by atoms with van der Waals surface area (Å²) in [7, 11) is -1.69. The van der Waals surface area contributed by atoms with Crippen molar-refractivity contribution >= 4 is 36.6 Å². The Morgan fingerprint density at radius 1 is 1.30 bits per heavy atom. The summed E-state index contributed by atoms with van der Waals surface area (Å²) in [6.07, 6.45) is 5.17. The van der Waals surface area contributed by atoms with Gasteiger partial charge < -0.3 is 9.33 Å². The van der Waals surface area contributed by atoms with Crippen molar-refractivity contribution in [1.29, 1.82) is 0 Å². The molecule has 1 fully saturated rings. The quantitative estimate of drug-likeness (QED) is 0.322. The molecule has 0 amide bonds. The van der Waals surface area contributed by atoms with E-state index in [2.05, 4.69) is 78.5 Å². The summed E-state index contributed by atoms with van der Waals surface area (Å²) < 4.78 is 7.01. The lowest BCUT2D eigenvalue weighted by atomic mass is 10.2. The summed E-state index contributed by atoms with van der Waals surface area (Å²) in [6, 6.07) is 4.17. The second-order valence-corrected chi connectivity index (χ2v) is 13.0. The monoisotopic (exact) mass is 404 g/mol. The molecule has 3 nitrogen and oxygen atoms in total. The van der Waals surface area contributed by atoms with Gasteiger partial charge in [0.15, 0.2) is 8.32 Å². The van der Waals surface area contributed by atoms with Gasteiger partial charge in [-0.3, -0.25) is 4.98 Å². The molecule has 0 bridgehead atoms. The third-order valence-corrected chi connectivity index (χ3v) is 10.5. The smallest absolute Gasteiger partial charge is 0.192 e.